The van der Waals surface area contributed by atoms with Crippen LogP contribution in [0, 0.1) is 0 Å². The quantitative estimate of drug-likeness (QED) is 0.741. The molecule has 1 atom stereocenters. The van der Waals surface area contributed by atoms with Crippen LogP contribution in [0.15, 0.2) is 40.2 Å². The van der Waals surface area contributed by atoms with Gasteiger partial charge in [0.25, 0.3) is 0 Å². The monoisotopic (exact) mass is 337 g/mol. The molecule has 0 radical (unpaired) electrons. The minimum absolute atomic E-state index is 0.114. The fraction of sp³-hybridized carbons (Fsp3) is 0.250. The van der Waals surface area contributed by atoms with Crippen LogP contribution in [0.1, 0.15) is 19.0 Å². The van der Waals surface area contributed by atoms with Crippen LogP contribution < -0.4 is 5.73 Å². The van der Waals surface area contributed by atoms with E-state index in [0.29, 0.717) is 22.4 Å². The van der Waals surface area contributed by atoms with Gasteiger partial charge < -0.3 is 5.73 Å². The summed E-state index contributed by atoms with van der Waals surface area (Å²) in [6.45, 7) is 1.82. The van der Waals surface area contributed by atoms with Crippen LogP contribution in [0.2, 0.25) is 0 Å². The highest BCUT2D eigenvalue weighted by molar-refractivity contribution is 5.98. The number of guanidine groups is 1. The molecule has 0 aliphatic carbocycles. The summed E-state index contributed by atoms with van der Waals surface area (Å²) in [6, 6.07) is 5.48. The first-order valence-electron chi connectivity index (χ1n) is 7.63. The van der Waals surface area contributed by atoms with E-state index >= 15 is 0 Å². The second-order valence-corrected chi connectivity index (χ2v) is 6.13. The molecule has 9 nitrogen and oxygen atoms in total. The Morgan fingerprint density at radius 3 is 2.84 bits per heavy atom. The van der Waals surface area contributed by atoms with Crippen LogP contribution in [0.3, 0.4) is 0 Å². The molecule has 0 bridgehead atoms. The lowest BCUT2D eigenvalue weighted by atomic mass is 9.92. The summed E-state index contributed by atoms with van der Waals surface area (Å²) >= 11 is 0. The average molecular weight is 337 g/mol. The molecule has 126 valence electrons. The highest BCUT2D eigenvalue weighted by Crippen LogP contribution is 2.32. The number of carbonyl (C=O) groups excluding carboxylic acids is 1. The summed E-state index contributed by atoms with van der Waals surface area (Å²) in [5.74, 6) is 0.0540. The number of hydrogen-bond donors (Lipinski definition) is 1. The van der Waals surface area contributed by atoms with E-state index in [1.165, 1.54) is 4.90 Å². The van der Waals surface area contributed by atoms with E-state index in [2.05, 4.69) is 25.3 Å². The summed E-state index contributed by atoms with van der Waals surface area (Å²) in [6.07, 6.45) is 3.43. The van der Waals surface area contributed by atoms with Gasteiger partial charge in [-0.3, -0.25) is 14.7 Å². The predicted molar refractivity (Wildman–Crippen MR) is 89.2 cm³/mol. The zero-order valence-corrected chi connectivity index (χ0v) is 13.7. The van der Waals surface area contributed by atoms with E-state index in [1.807, 2.05) is 19.1 Å². The maximum atomic E-state index is 12.2. The molecule has 25 heavy (non-hydrogen) atoms. The van der Waals surface area contributed by atoms with E-state index in [0.717, 1.165) is 5.56 Å². The number of hydrogen-bond acceptors (Lipinski definition) is 8. The molecule has 1 aliphatic heterocycles. The van der Waals surface area contributed by atoms with Crippen molar-refractivity contribution >= 4 is 22.9 Å². The molecule has 3 aromatic rings. The molecule has 1 aromatic carbocycles. The predicted octanol–water partition coefficient (Wildman–Crippen LogP) is 1.07. The fourth-order valence-electron chi connectivity index (χ4n) is 2.76. The number of amides is 1. The third-order valence-corrected chi connectivity index (χ3v) is 4.31. The van der Waals surface area contributed by atoms with Crippen molar-refractivity contribution in [2.24, 2.45) is 10.7 Å². The van der Waals surface area contributed by atoms with Gasteiger partial charge in [-0.05, 0) is 29.4 Å². The van der Waals surface area contributed by atoms with Crippen molar-refractivity contribution < 1.29 is 9.42 Å². The van der Waals surface area contributed by atoms with Gasteiger partial charge in [-0.1, -0.05) is 6.07 Å². The van der Waals surface area contributed by atoms with Crippen molar-refractivity contribution in [2.75, 3.05) is 7.05 Å². The Morgan fingerprint density at radius 1 is 1.24 bits per heavy atom. The molecule has 4 rings (SSSR count). The average Bonchev–Trinajstić information content (AvgIpc) is 3.07. The van der Waals surface area contributed by atoms with Crippen LogP contribution in [0.4, 0.5) is 0 Å². The van der Waals surface area contributed by atoms with Crippen molar-refractivity contribution in [1.29, 1.82) is 0 Å². The van der Waals surface area contributed by atoms with Gasteiger partial charge in [0.05, 0.1) is 30.2 Å². The van der Waals surface area contributed by atoms with E-state index in [9.17, 15) is 4.79 Å². The smallest absolute Gasteiger partial charge is 0.231 e. The molecule has 2 N–H and O–H groups in total. The lowest BCUT2D eigenvalue weighted by molar-refractivity contribution is -0.128. The highest BCUT2D eigenvalue weighted by Gasteiger charge is 2.37. The van der Waals surface area contributed by atoms with E-state index in [-0.39, 0.29) is 18.3 Å². The number of aliphatic imine (C=N–C) groups is 1. The number of benzene rings is 1. The summed E-state index contributed by atoms with van der Waals surface area (Å²) in [5.41, 5.74) is 8.34. The van der Waals surface area contributed by atoms with Gasteiger partial charge in [0.2, 0.25) is 5.91 Å². The molecular formula is C16H15N7O2. The van der Waals surface area contributed by atoms with Crippen LogP contribution in [-0.2, 0) is 10.3 Å². The zero-order chi connectivity index (χ0) is 17.6. The van der Waals surface area contributed by atoms with Crippen molar-refractivity contribution in [3.05, 3.63) is 36.3 Å². The van der Waals surface area contributed by atoms with Crippen LogP contribution >= 0.6 is 0 Å². The Bertz CT molecular complexity index is 1010. The Morgan fingerprint density at radius 2 is 2.04 bits per heavy atom. The lowest BCUT2D eigenvalue weighted by Gasteiger charge is -2.32. The zero-order valence-electron chi connectivity index (χ0n) is 13.7. The highest BCUT2D eigenvalue weighted by atomic mass is 16.6. The minimum Gasteiger partial charge on any atom is -0.369 e. The van der Waals surface area contributed by atoms with Gasteiger partial charge in [0, 0.05) is 12.6 Å². The lowest BCUT2D eigenvalue weighted by Crippen LogP contribution is -2.47. The number of nitrogens with two attached hydrogens (primary N) is 1. The summed E-state index contributed by atoms with van der Waals surface area (Å²) in [5, 5.41) is 7.62. The molecule has 0 saturated heterocycles. The second-order valence-electron chi connectivity index (χ2n) is 6.13. The second kappa shape index (κ2) is 5.33. The third-order valence-electron chi connectivity index (χ3n) is 4.31. The van der Waals surface area contributed by atoms with Crippen molar-refractivity contribution in [2.45, 2.75) is 18.9 Å². The third kappa shape index (κ3) is 2.49. The molecule has 0 saturated carbocycles. The van der Waals surface area contributed by atoms with Crippen LogP contribution in [0.5, 0.6) is 0 Å². The van der Waals surface area contributed by atoms with Gasteiger partial charge in [-0.2, -0.15) is 0 Å². The van der Waals surface area contributed by atoms with E-state index < -0.39 is 5.54 Å². The van der Waals surface area contributed by atoms with Gasteiger partial charge in [-0.15, -0.1) is 0 Å². The maximum Gasteiger partial charge on any atom is 0.231 e. The molecular weight excluding hydrogens is 322 g/mol. The normalized spacial score (nSPS) is 20.8. The van der Waals surface area contributed by atoms with E-state index in [1.54, 1.807) is 25.5 Å². The molecule has 0 unspecified atom stereocenters. The van der Waals surface area contributed by atoms with Crippen molar-refractivity contribution in [3.8, 4) is 11.3 Å². The van der Waals surface area contributed by atoms with Crippen LogP contribution in [0.25, 0.3) is 22.3 Å². The Hall–Kier alpha value is -3.36. The molecule has 1 aliphatic rings. The number of nitrogens with zero attached hydrogens (tertiary/aromatic N) is 6. The van der Waals surface area contributed by atoms with Crippen LogP contribution in [-0.4, -0.2) is 44.1 Å². The molecule has 0 spiro atoms. The first-order valence-corrected chi connectivity index (χ1v) is 7.63. The largest absolute Gasteiger partial charge is 0.369 e. The Kier molecular flexibility index (Phi) is 3.24. The number of carbonyl (C=O) groups is 1. The van der Waals surface area contributed by atoms with Gasteiger partial charge in [-0.25, -0.2) is 14.6 Å². The molecule has 1 amide bonds. The Labute approximate surface area is 142 Å². The Balaban J connectivity index is 1.78. The van der Waals surface area contributed by atoms with Gasteiger partial charge in [0.15, 0.2) is 5.96 Å². The number of aromatic nitrogens is 4. The summed E-state index contributed by atoms with van der Waals surface area (Å²) < 4.78 is 4.71. The molecule has 0 fully saturated rings. The summed E-state index contributed by atoms with van der Waals surface area (Å²) in [4.78, 5) is 26.9. The van der Waals surface area contributed by atoms with Gasteiger partial charge >= 0.3 is 0 Å². The molecule has 2 aromatic heterocycles. The van der Waals surface area contributed by atoms with E-state index in [4.69, 9.17) is 10.4 Å². The number of rotatable bonds is 2. The maximum absolute atomic E-state index is 12.2. The number of fused-ring (bicyclic) bond motifs is 1. The fourth-order valence-corrected chi connectivity index (χ4v) is 2.76. The first-order chi connectivity index (χ1) is 12.0. The van der Waals surface area contributed by atoms with Gasteiger partial charge in [0.1, 0.15) is 16.6 Å². The standard InChI is InChI=1S/C16H15N7O2/c1-16(6-14(24)23(2)15(17)20-16)13-8-18-7-12(19-13)9-3-4-10-11(5-9)22-25-21-10/h3-5,7-8H,6H2,1-2H3,(H2,17,20)/t16-/m0/s1. The SMILES string of the molecule is CN1C(=O)C[C@@](C)(c2cncc(-c3ccc4nonc4c3)n2)N=C1N. The molecule has 9 heteroatoms. The molecule has 3 heterocycles. The van der Waals surface area contributed by atoms with Crippen molar-refractivity contribution in [3.63, 3.8) is 0 Å². The summed E-state index contributed by atoms with van der Waals surface area (Å²) in [7, 11) is 1.60. The minimum atomic E-state index is -0.851. The van der Waals surface area contributed by atoms with Crippen molar-refractivity contribution in [1.82, 2.24) is 25.2 Å². The first kappa shape index (κ1) is 15.2. The topological polar surface area (TPSA) is 123 Å².